The molecule has 0 aliphatic rings. The average Bonchev–Trinajstić information content (AvgIpc) is 3.15. The molecule has 0 spiro atoms. The van der Waals surface area contributed by atoms with Gasteiger partial charge in [0.25, 0.3) is 0 Å². The molecule has 98 valence electrons. The molecule has 0 aliphatic heterocycles. The Hall–Kier alpha value is -2.55. The predicted molar refractivity (Wildman–Crippen MR) is 73.6 cm³/mol. The van der Waals surface area contributed by atoms with Gasteiger partial charge in [0.2, 0.25) is 11.6 Å². The number of halogens is 1. The number of nitrogens with zero attached hydrogens (tertiary/aromatic N) is 6. The minimum absolute atomic E-state index is 0.493. The normalized spacial score (nSPS) is 11.2. The SMILES string of the molecule is Brc1nc(-c2nc3ncccn3c2-c2cnc[nH]2)n[nH]1. The van der Waals surface area contributed by atoms with Gasteiger partial charge in [-0.3, -0.25) is 9.50 Å². The van der Waals surface area contributed by atoms with Crippen molar-refractivity contribution in [2.75, 3.05) is 0 Å². The van der Waals surface area contributed by atoms with Gasteiger partial charge in [-0.2, -0.15) is 10.1 Å². The van der Waals surface area contributed by atoms with Crippen molar-refractivity contribution in [3.63, 3.8) is 0 Å². The molecule has 4 rings (SSSR count). The third-order valence-electron chi connectivity index (χ3n) is 2.83. The lowest BCUT2D eigenvalue weighted by atomic mass is 10.2. The Balaban J connectivity index is 2.07. The van der Waals surface area contributed by atoms with Crippen LogP contribution in [-0.2, 0) is 0 Å². The number of aromatic amines is 2. The van der Waals surface area contributed by atoms with E-state index in [1.807, 2.05) is 16.7 Å². The maximum atomic E-state index is 4.49. The van der Waals surface area contributed by atoms with Crippen molar-refractivity contribution in [1.82, 2.24) is 39.5 Å². The number of hydrogen-bond donors (Lipinski definition) is 2. The molecule has 0 fully saturated rings. The Labute approximate surface area is 120 Å². The van der Waals surface area contributed by atoms with E-state index in [1.54, 1.807) is 18.7 Å². The molecule has 0 atom stereocenters. The molecule has 0 unspecified atom stereocenters. The zero-order valence-electron chi connectivity index (χ0n) is 9.95. The first-order valence-electron chi connectivity index (χ1n) is 5.73. The van der Waals surface area contributed by atoms with Gasteiger partial charge in [-0.25, -0.2) is 15.0 Å². The van der Waals surface area contributed by atoms with Crippen molar-refractivity contribution >= 4 is 21.7 Å². The van der Waals surface area contributed by atoms with Crippen molar-refractivity contribution in [2.45, 2.75) is 0 Å². The van der Waals surface area contributed by atoms with Gasteiger partial charge >= 0.3 is 0 Å². The fraction of sp³-hybridized carbons (Fsp3) is 0. The van der Waals surface area contributed by atoms with Gasteiger partial charge in [0.15, 0.2) is 4.73 Å². The average molecular weight is 331 g/mol. The molecule has 0 radical (unpaired) electrons. The van der Waals surface area contributed by atoms with E-state index in [0.717, 1.165) is 11.4 Å². The molecule has 4 heterocycles. The number of fused-ring (bicyclic) bond motifs is 1. The molecule has 0 aliphatic carbocycles. The fourth-order valence-electron chi connectivity index (χ4n) is 2.03. The van der Waals surface area contributed by atoms with Crippen LogP contribution in [0.4, 0.5) is 0 Å². The third kappa shape index (κ3) is 1.63. The van der Waals surface area contributed by atoms with Gasteiger partial charge in [0.1, 0.15) is 11.4 Å². The smallest absolute Gasteiger partial charge is 0.234 e. The van der Waals surface area contributed by atoms with E-state index in [4.69, 9.17) is 0 Å². The topological polar surface area (TPSA) is 100 Å². The number of imidazole rings is 2. The van der Waals surface area contributed by atoms with Crippen molar-refractivity contribution in [2.24, 2.45) is 0 Å². The fourth-order valence-corrected chi connectivity index (χ4v) is 2.29. The lowest BCUT2D eigenvalue weighted by Gasteiger charge is -1.99. The lowest BCUT2D eigenvalue weighted by Crippen LogP contribution is -1.91. The molecule has 4 aromatic rings. The molecule has 0 aromatic carbocycles. The second kappa shape index (κ2) is 4.23. The van der Waals surface area contributed by atoms with E-state index in [0.29, 0.717) is 22.0 Å². The number of rotatable bonds is 2. The second-order valence-corrected chi connectivity index (χ2v) is 4.76. The zero-order valence-corrected chi connectivity index (χ0v) is 11.5. The Kier molecular flexibility index (Phi) is 2.39. The van der Waals surface area contributed by atoms with Crippen molar-refractivity contribution < 1.29 is 0 Å². The Morgan fingerprint density at radius 3 is 2.95 bits per heavy atom. The first-order chi connectivity index (χ1) is 9.83. The van der Waals surface area contributed by atoms with Gasteiger partial charge in [-0.05, 0) is 22.0 Å². The van der Waals surface area contributed by atoms with Crippen LogP contribution in [0.25, 0.3) is 28.7 Å². The molecule has 2 N–H and O–H groups in total. The molecule has 0 bridgehead atoms. The highest BCUT2D eigenvalue weighted by Gasteiger charge is 2.20. The quantitative estimate of drug-likeness (QED) is 0.582. The Morgan fingerprint density at radius 1 is 1.25 bits per heavy atom. The Bertz CT molecular complexity index is 875. The van der Waals surface area contributed by atoms with Crippen LogP contribution < -0.4 is 0 Å². The summed E-state index contributed by atoms with van der Waals surface area (Å²) >= 11 is 3.25. The van der Waals surface area contributed by atoms with Crippen LogP contribution in [0.1, 0.15) is 0 Å². The van der Waals surface area contributed by atoms with Gasteiger partial charge in [0.05, 0.1) is 18.2 Å². The zero-order chi connectivity index (χ0) is 13.5. The highest BCUT2D eigenvalue weighted by molar-refractivity contribution is 9.10. The minimum atomic E-state index is 0.493. The van der Waals surface area contributed by atoms with E-state index >= 15 is 0 Å². The molecule has 20 heavy (non-hydrogen) atoms. The summed E-state index contributed by atoms with van der Waals surface area (Å²) in [6.45, 7) is 0. The van der Waals surface area contributed by atoms with E-state index in [-0.39, 0.29) is 0 Å². The van der Waals surface area contributed by atoms with Crippen LogP contribution in [-0.4, -0.2) is 39.5 Å². The monoisotopic (exact) mass is 330 g/mol. The molecular weight excluding hydrogens is 324 g/mol. The molecular formula is C11H7BrN8. The van der Waals surface area contributed by atoms with Crippen molar-refractivity contribution in [3.05, 3.63) is 35.7 Å². The second-order valence-electron chi connectivity index (χ2n) is 4.01. The standard InChI is InChI=1S/C11H7BrN8/c12-10-17-9(18-19-10)7-8(6-4-13-5-15-6)20-3-1-2-14-11(20)16-7/h1-5H,(H,13,15)(H,17,18,19). The highest BCUT2D eigenvalue weighted by Crippen LogP contribution is 2.29. The number of H-pyrrole nitrogens is 2. The van der Waals surface area contributed by atoms with Crippen LogP contribution in [0.5, 0.6) is 0 Å². The third-order valence-corrected chi connectivity index (χ3v) is 3.18. The summed E-state index contributed by atoms with van der Waals surface area (Å²) < 4.78 is 2.42. The summed E-state index contributed by atoms with van der Waals surface area (Å²) in [7, 11) is 0. The molecule has 8 nitrogen and oxygen atoms in total. The van der Waals surface area contributed by atoms with E-state index < -0.39 is 0 Å². The van der Waals surface area contributed by atoms with Gasteiger partial charge in [-0.15, -0.1) is 0 Å². The predicted octanol–water partition coefficient (Wildman–Crippen LogP) is 1.67. The van der Waals surface area contributed by atoms with E-state index in [9.17, 15) is 0 Å². The van der Waals surface area contributed by atoms with Gasteiger partial charge in [0, 0.05) is 12.4 Å². The highest BCUT2D eigenvalue weighted by atomic mass is 79.9. The van der Waals surface area contributed by atoms with Crippen molar-refractivity contribution in [3.8, 4) is 22.9 Å². The largest absolute Gasteiger partial charge is 0.343 e. The summed E-state index contributed by atoms with van der Waals surface area (Å²) in [5, 5.41) is 6.87. The lowest BCUT2D eigenvalue weighted by molar-refractivity contribution is 1.07. The van der Waals surface area contributed by atoms with Crippen LogP contribution >= 0.6 is 15.9 Å². The summed E-state index contributed by atoms with van der Waals surface area (Å²) in [4.78, 5) is 20.1. The molecule has 0 amide bonds. The van der Waals surface area contributed by atoms with Gasteiger partial charge in [-0.1, -0.05) is 0 Å². The maximum absolute atomic E-state index is 4.49. The van der Waals surface area contributed by atoms with Crippen molar-refractivity contribution in [1.29, 1.82) is 0 Å². The van der Waals surface area contributed by atoms with Crippen LogP contribution in [0, 0.1) is 0 Å². The van der Waals surface area contributed by atoms with Crippen LogP contribution in [0.2, 0.25) is 0 Å². The molecule has 9 heteroatoms. The van der Waals surface area contributed by atoms with E-state index in [1.165, 1.54) is 0 Å². The summed E-state index contributed by atoms with van der Waals surface area (Å²) in [6.07, 6.45) is 6.91. The number of hydrogen-bond acceptors (Lipinski definition) is 5. The van der Waals surface area contributed by atoms with Gasteiger partial charge < -0.3 is 4.98 Å². The van der Waals surface area contributed by atoms with Crippen LogP contribution in [0.3, 0.4) is 0 Å². The summed E-state index contributed by atoms with van der Waals surface area (Å²) in [5.74, 6) is 1.07. The maximum Gasteiger partial charge on any atom is 0.234 e. The Morgan fingerprint density at radius 2 is 2.20 bits per heavy atom. The summed E-state index contributed by atoms with van der Waals surface area (Å²) in [5.41, 5.74) is 2.27. The van der Waals surface area contributed by atoms with Crippen LogP contribution in [0.15, 0.2) is 35.7 Å². The van der Waals surface area contributed by atoms with E-state index in [2.05, 4.69) is 51.0 Å². The molecule has 0 saturated heterocycles. The minimum Gasteiger partial charge on any atom is -0.343 e. The molecule has 4 aromatic heterocycles. The first kappa shape index (κ1) is 11.3. The number of aromatic nitrogens is 8. The first-order valence-corrected chi connectivity index (χ1v) is 6.52. The summed E-state index contributed by atoms with van der Waals surface area (Å²) in [6, 6.07) is 1.84. The number of nitrogens with one attached hydrogen (secondary N) is 2. The molecule has 0 saturated carbocycles.